The number of hydrogen-bond acceptors (Lipinski definition) is 4. The largest absolute Gasteiger partial charge is 0.352 e. The highest BCUT2D eigenvalue weighted by Gasteiger charge is 1.95. The first-order chi connectivity index (χ1) is 7.38. The van der Waals surface area contributed by atoms with E-state index in [1.807, 2.05) is 18.3 Å². The first kappa shape index (κ1) is 9.58. The van der Waals surface area contributed by atoms with Crippen LogP contribution in [-0.4, -0.2) is 15.0 Å². The predicted molar refractivity (Wildman–Crippen MR) is 58.9 cm³/mol. The van der Waals surface area contributed by atoms with Crippen molar-refractivity contribution < 1.29 is 0 Å². The Kier molecular flexibility index (Phi) is 2.88. The number of pyridine rings is 1. The lowest BCUT2D eigenvalue weighted by atomic mass is 10.3. The summed E-state index contributed by atoms with van der Waals surface area (Å²) < 4.78 is 0. The molecule has 0 unspecified atom stereocenters. The van der Waals surface area contributed by atoms with Gasteiger partial charge in [-0.1, -0.05) is 6.92 Å². The average Bonchev–Trinajstić information content (AvgIpc) is 2.31. The third-order valence-electron chi connectivity index (χ3n) is 2.04. The minimum absolute atomic E-state index is 0.864. The van der Waals surface area contributed by atoms with E-state index in [1.165, 1.54) is 6.33 Å². The van der Waals surface area contributed by atoms with Crippen LogP contribution in [0.5, 0.6) is 0 Å². The topological polar surface area (TPSA) is 50.7 Å². The van der Waals surface area contributed by atoms with E-state index in [0.717, 1.165) is 23.5 Å². The Labute approximate surface area is 88.4 Å². The van der Waals surface area contributed by atoms with Gasteiger partial charge in [0.2, 0.25) is 0 Å². The maximum Gasteiger partial charge on any atom is 0.115 e. The zero-order valence-corrected chi connectivity index (χ0v) is 8.51. The molecule has 0 aromatic carbocycles. The van der Waals surface area contributed by atoms with Crippen molar-refractivity contribution in [3.63, 3.8) is 0 Å². The third kappa shape index (κ3) is 2.49. The van der Waals surface area contributed by atoms with E-state index in [4.69, 9.17) is 0 Å². The first-order valence-corrected chi connectivity index (χ1v) is 4.85. The lowest BCUT2D eigenvalue weighted by Gasteiger charge is -2.04. The molecule has 0 aliphatic carbocycles. The van der Waals surface area contributed by atoms with Crippen LogP contribution in [-0.2, 0) is 6.42 Å². The molecule has 2 aromatic rings. The van der Waals surface area contributed by atoms with E-state index < -0.39 is 0 Å². The highest BCUT2D eigenvalue weighted by Crippen LogP contribution is 2.13. The Morgan fingerprint density at radius 3 is 2.47 bits per heavy atom. The summed E-state index contributed by atoms with van der Waals surface area (Å²) in [5.41, 5.74) is 2.90. The van der Waals surface area contributed by atoms with Crippen LogP contribution >= 0.6 is 0 Å². The highest BCUT2D eigenvalue weighted by atomic mass is 14.9. The molecule has 0 aliphatic heterocycles. The summed E-state index contributed by atoms with van der Waals surface area (Å²) in [5.74, 6) is 0. The number of aryl methyl sites for hydroxylation is 1. The van der Waals surface area contributed by atoms with Gasteiger partial charge in [0.25, 0.3) is 0 Å². The second-order valence-corrected chi connectivity index (χ2v) is 3.14. The maximum absolute atomic E-state index is 4.29. The van der Waals surface area contributed by atoms with Gasteiger partial charge in [0.05, 0.1) is 30.0 Å². The summed E-state index contributed by atoms with van der Waals surface area (Å²) in [6, 6.07) is 4.00. The molecule has 0 spiro atoms. The van der Waals surface area contributed by atoms with E-state index in [-0.39, 0.29) is 0 Å². The van der Waals surface area contributed by atoms with E-state index >= 15 is 0 Å². The molecule has 0 saturated carbocycles. The molecule has 4 nitrogen and oxygen atoms in total. The van der Waals surface area contributed by atoms with Gasteiger partial charge in [0.1, 0.15) is 6.33 Å². The minimum Gasteiger partial charge on any atom is -0.352 e. The van der Waals surface area contributed by atoms with Gasteiger partial charge in [-0.25, -0.2) is 9.97 Å². The number of rotatable bonds is 3. The first-order valence-electron chi connectivity index (χ1n) is 4.85. The summed E-state index contributed by atoms with van der Waals surface area (Å²) in [6.07, 6.45) is 7.71. The van der Waals surface area contributed by atoms with Crippen molar-refractivity contribution in [3.8, 4) is 0 Å². The van der Waals surface area contributed by atoms with Crippen molar-refractivity contribution in [1.29, 1.82) is 0 Å². The molecule has 2 rings (SSSR count). The zero-order valence-electron chi connectivity index (χ0n) is 8.51. The molecule has 0 atom stereocenters. The third-order valence-corrected chi connectivity index (χ3v) is 2.04. The zero-order chi connectivity index (χ0) is 10.5. The molecule has 15 heavy (non-hydrogen) atoms. The standard InChI is InChI=1S/C11H12N4/c1-2-9-3-4-10(7-14-9)15-11-5-12-8-13-6-11/h3-8,15H,2H2,1H3. The Morgan fingerprint density at radius 1 is 1.07 bits per heavy atom. The van der Waals surface area contributed by atoms with Crippen LogP contribution in [0.15, 0.2) is 37.1 Å². The number of hydrogen-bond donors (Lipinski definition) is 1. The van der Waals surface area contributed by atoms with Gasteiger partial charge in [-0.2, -0.15) is 0 Å². The van der Waals surface area contributed by atoms with E-state index in [0.29, 0.717) is 0 Å². The molecule has 0 amide bonds. The fourth-order valence-corrected chi connectivity index (χ4v) is 1.24. The monoisotopic (exact) mass is 200 g/mol. The second kappa shape index (κ2) is 4.50. The van der Waals surface area contributed by atoms with Crippen LogP contribution in [0.1, 0.15) is 12.6 Å². The molecule has 1 N–H and O–H groups in total. The minimum atomic E-state index is 0.864. The summed E-state index contributed by atoms with van der Waals surface area (Å²) in [6.45, 7) is 2.08. The van der Waals surface area contributed by atoms with Gasteiger partial charge in [0, 0.05) is 5.69 Å². The van der Waals surface area contributed by atoms with Crippen LogP contribution in [0.3, 0.4) is 0 Å². The quantitative estimate of drug-likeness (QED) is 0.825. The van der Waals surface area contributed by atoms with Crippen LogP contribution in [0, 0.1) is 0 Å². The highest BCUT2D eigenvalue weighted by molar-refractivity contribution is 5.56. The van der Waals surface area contributed by atoms with Gasteiger partial charge in [0.15, 0.2) is 0 Å². The smallest absolute Gasteiger partial charge is 0.115 e. The lowest BCUT2D eigenvalue weighted by molar-refractivity contribution is 1.04. The lowest BCUT2D eigenvalue weighted by Crippen LogP contribution is -1.94. The molecule has 2 aromatic heterocycles. The molecule has 0 radical (unpaired) electrons. The van der Waals surface area contributed by atoms with Crippen molar-refractivity contribution in [2.75, 3.05) is 5.32 Å². The molecule has 0 fully saturated rings. The number of nitrogens with one attached hydrogen (secondary N) is 1. The van der Waals surface area contributed by atoms with Crippen LogP contribution in [0.25, 0.3) is 0 Å². The van der Waals surface area contributed by atoms with Gasteiger partial charge < -0.3 is 5.32 Å². The van der Waals surface area contributed by atoms with E-state index in [2.05, 4.69) is 27.2 Å². The van der Waals surface area contributed by atoms with Crippen molar-refractivity contribution in [3.05, 3.63) is 42.7 Å². The number of nitrogens with zero attached hydrogens (tertiary/aromatic N) is 3. The van der Waals surface area contributed by atoms with Crippen LogP contribution in [0.4, 0.5) is 11.4 Å². The van der Waals surface area contributed by atoms with Crippen molar-refractivity contribution in [1.82, 2.24) is 15.0 Å². The molecule has 0 saturated heterocycles. The van der Waals surface area contributed by atoms with E-state index in [9.17, 15) is 0 Å². The molecular formula is C11H12N4. The summed E-state index contributed by atoms with van der Waals surface area (Å²) in [4.78, 5) is 12.1. The molecular weight excluding hydrogens is 188 g/mol. The SMILES string of the molecule is CCc1ccc(Nc2cncnc2)cn1. The molecule has 0 bridgehead atoms. The maximum atomic E-state index is 4.29. The van der Waals surface area contributed by atoms with Crippen molar-refractivity contribution in [2.24, 2.45) is 0 Å². The average molecular weight is 200 g/mol. The Morgan fingerprint density at radius 2 is 1.87 bits per heavy atom. The summed E-state index contributed by atoms with van der Waals surface area (Å²) >= 11 is 0. The molecule has 2 heterocycles. The number of anilines is 2. The number of aromatic nitrogens is 3. The Balaban J connectivity index is 2.11. The normalized spacial score (nSPS) is 9.93. The fraction of sp³-hybridized carbons (Fsp3) is 0.182. The second-order valence-electron chi connectivity index (χ2n) is 3.14. The fourth-order valence-electron chi connectivity index (χ4n) is 1.24. The molecule has 0 aliphatic rings. The summed E-state index contributed by atoms with van der Waals surface area (Å²) in [5, 5.41) is 3.17. The Hall–Kier alpha value is -1.97. The van der Waals surface area contributed by atoms with Crippen LogP contribution < -0.4 is 5.32 Å². The van der Waals surface area contributed by atoms with Gasteiger partial charge in [-0.05, 0) is 18.6 Å². The Bertz CT molecular complexity index is 410. The van der Waals surface area contributed by atoms with Gasteiger partial charge in [-0.3, -0.25) is 4.98 Å². The van der Waals surface area contributed by atoms with Crippen LogP contribution in [0.2, 0.25) is 0 Å². The van der Waals surface area contributed by atoms with Crippen molar-refractivity contribution >= 4 is 11.4 Å². The van der Waals surface area contributed by atoms with Gasteiger partial charge >= 0.3 is 0 Å². The van der Waals surface area contributed by atoms with E-state index in [1.54, 1.807) is 12.4 Å². The van der Waals surface area contributed by atoms with Crippen molar-refractivity contribution in [2.45, 2.75) is 13.3 Å². The predicted octanol–water partition coefficient (Wildman–Crippen LogP) is 2.18. The molecule has 4 heteroatoms. The molecule has 76 valence electrons. The summed E-state index contributed by atoms with van der Waals surface area (Å²) in [7, 11) is 0. The van der Waals surface area contributed by atoms with Gasteiger partial charge in [-0.15, -0.1) is 0 Å².